The monoisotopic (exact) mass is 522 g/mol. The zero-order chi connectivity index (χ0) is 24.7. The zero-order valence-corrected chi connectivity index (χ0v) is 21.8. The number of thiocarbonyl (C=S) groups is 1. The number of aryl methyl sites for hydroxylation is 1. The second-order valence-corrected chi connectivity index (χ2v) is 9.66. The van der Waals surface area contributed by atoms with Crippen LogP contribution in [0.3, 0.4) is 0 Å². The molecule has 0 bridgehead atoms. The fraction of sp³-hybridized carbons (Fsp3) is 0.185. The predicted molar refractivity (Wildman–Crippen MR) is 146 cm³/mol. The molecule has 0 saturated carbocycles. The van der Waals surface area contributed by atoms with Gasteiger partial charge in [0.15, 0.2) is 5.11 Å². The van der Waals surface area contributed by atoms with Gasteiger partial charge in [0.2, 0.25) is 0 Å². The number of hydrogen-bond acceptors (Lipinski definition) is 3. The van der Waals surface area contributed by atoms with E-state index in [2.05, 4.69) is 39.7 Å². The van der Waals surface area contributed by atoms with Crippen LogP contribution in [0.1, 0.15) is 34.7 Å². The summed E-state index contributed by atoms with van der Waals surface area (Å²) in [5, 5.41) is 5.33. The quantitative estimate of drug-likeness (QED) is 0.286. The van der Waals surface area contributed by atoms with Crippen LogP contribution < -0.4 is 15.0 Å². The second kappa shape index (κ2) is 9.53. The molecule has 0 amide bonds. The second-order valence-electron chi connectivity index (χ2n) is 8.43. The van der Waals surface area contributed by atoms with Crippen LogP contribution in [0.2, 0.25) is 10.0 Å². The molecule has 2 aromatic carbocycles. The van der Waals surface area contributed by atoms with Gasteiger partial charge < -0.3 is 19.5 Å². The van der Waals surface area contributed by atoms with Crippen molar-refractivity contribution in [2.24, 2.45) is 0 Å². The molecule has 2 atom stereocenters. The van der Waals surface area contributed by atoms with Crippen molar-refractivity contribution in [2.45, 2.75) is 25.9 Å². The Kier molecular flexibility index (Phi) is 6.45. The van der Waals surface area contributed by atoms with E-state index in [0.29, 0.717) is 15.2 Å². The van der Waals surface area contributed by atoms with Gasteiger partial charge in [-0.3, -0.25) is 4.98 Å². The van der Waals surface area contributed by atoms with Crippen molar-refractivity contribution < 1.29 is 4.74 Å². The minimum absolute atomic E-state index is 0.164. The number of hydrogen-bond donors (Lipinski definition) is 1. The number of ether oxygens (including phenoxy) is 1. The van der Waals surface area contributed by atoms with Crippen LogP contribution in [0, 0.1) is 13.8 Å². The molecule has 2 unspecified atom stereocenters. The third-order valence-corrected chi connectivity index (χ3v) is 7.23. The summed E-state index contributed by atoms with van der Waals surface area (Å²) in [6.07, 6.45) is 1.81. The first-order chi connectivity index (χ1) is 16.9. The molecule has 2 aromatic heterocycles. The van der Waals surface area contributed by atoms with Gasteiger partial charge in [0.25, 0.3) is 0 Å². The lowest BCUT2D eigenvalue weighted by Crippen LogP contribution is -2.30. The maximum Gasteiger partial charge on any atom is 0.174 e. The summed E-state index contributed by atoms with van der Waals surface area (Å²) in [6, 6.07) is 21.3. The molecule has 0 radical (unpaired) electrons. The van der Waals surface area contributed by atoms with E-state index in [4.69, 9.17) is 40.2 Å². The lowest BCUT2D eigenvalue weighted by molar-refractivity contribution is 0.414. The number of para-hydroxylation sites is 2. The largest absolute Gasteiger partial charge is 0.495 e. The van der Waals surface area contributed by atoms with Crippen molar-refractivity contribution in [1.29, 1.82) is 0 Å². The molecule has 178 valence electrons. The molecule has 5 nitrogen and oxygen atoms in total. The summed E-state index contributed by atoms with van der Waals surface area (Å²) in [6.45, 7) is 4.18. The number of nitrogens with zero attached hydrogens (tertiary/aromatic N) is 3. The molecular formula is C27H24Cl2N4OS. The molecule has 1 aliphatic heterocycles. The fourth-order valence-corrected chi connectivity index (χ4v) is 5.71. The smallest absolute Gasteiger partial charge is 0.174 e. The minimum Gasteiger partial charge on any atom is -0.495 e. The van der Waals surface area contributed by atoms with Gasteiger partial charge in [-0.15, -0.1) is 0 Å². The summed E-state index contributed by atoms with van der Waals surface area (Å²) in [5.74, 6) is 0.748. The van der Waals surface area contributed by atoms with E-state index >= 15 is 0 Å². The number of nitrogens with one attached hydrogen (secondary N) is 1. The minimum atomic E-state index is -0.167. The van der Waals surface area contributed by atoms with Gasteiger partial charge in [0.1, 0.15) is 5.75 Å². The molecular weight excluding hydrogens is 499 g/mol. The van der Waals surface area contributed by atoms with Crippen molar-refractivity contribution >= 4 is 46.2 Å². The average molecular weight is 523 g/mol. The van der Waals surface area contributed by atoms with E-state index < -0.39 is 0 Å². The normalized spacial score (nSPS) is 17.5. The first-order valence-corrected chi connectivity index (χ1v) is 12.3. The third kappa shape index (κ3) is 4.16. The molecule has 3 heterocycles. The SMILES string of the molecule is COc1ccccc1N1C(=S)NC(c2ccccn2)C1c1cc(C)n(-c2ccc(Cl)cc2Cl)c1C. The Morgan fingerprint density at radius 2 is 1.74 bits per heavy atom. The fourth-order valence-electron chi connectivity index (χ4n) is 4.88. The standard InChI is InChI=1S/C27H24Cl2N4OS/c1-16-14-19(17(2)32(16)22-12-11-18(28)15-20(22)29)26-25(21-8-6-7-13-30-21)31-27(35)33(26)23-9-4-5-10-24(23)34-3/h4-15,25-26H,1-3H3,(H,31,35). The zero-order valence-electron chi connectivity index (χ0n) is 19.5. The van der Waals surface area contributed by atoms with E-state index in [1.54, 1.807) is 19.4 Å². The van der Waals surface area contributed by atoms with Gasteiger partial charge in [0.05, 0.1) is 41.3 Å². The van der Waals surface area contributed by atoms with Crippen molar-refractivity contribution in [3.8, 4) is 11.4 Å². The van der Waals surface area contributed by atoms with Gasteiger partial charge >= 0.3 is 0 Å². The van der Waals surface area contributed by atoms with Crippen LogP contribution in [0.25, 0.3) is 5.69 Å². The molecule has 1 aliphatic rings. The van der Waals surface area contributed by atoms with Crippen LogP contribution in [0.15, 0.2) is 72.9 Å². The van der Waals surface area contributed by atoms with Crippen molar-refractivity contribution in [3.05, 3.63) is 106 Å². The van der Waals surface area contributed by atoms with Crippen molar-refractivity contribution in [2.75, 3.05) is 12.0 Å². The van der Waals surface area contributed by atoms with Crippen molar-refractivity contribution in [3.63, 3.8) is 0 Å². The Hall–Kier alpha value is -3.06. The average Bonchev–Trinajstić information content (AvgIpc) is 3.35. The Balaban J connectivity index is 1.71. The molecule has 0 spiro atoms. The summed E-state index contributed by atoms with van der Waals surface area (Å²) in [5.41, 5.74) is 5.91. The highest BCUT2D eigenvalue weighted by atomic mass is 35.5. The topological polar surface area (TPSA) is 42.3 Å². The van der Waals surface area contributed by atoms with Crippen LogP contribution in [0.4, 0.5) is 5.69 Å². The van der Waals surface area contributed by atoms with E-state index in [0.717, 1.165) is 39.8 Å². The summed E-state index contributed by atoms with van der Waals surface area (Å²) < 4.78 is 7.86. The summed E-state index contributed by atoms with van der Waals surface area (Å²) in [7, 11) is 1.67. The first kappa shape index (κ1) is 23.7. The Morgan fingerprint density at radius 3 is 2.46 bits per heavy atom. The summed E-state index contributed by atoms with van der Waals surface area (Å²) >= 11 is 18.7. The third-order valence-electron chi connectivity index (χ3n) is 6.38. The lowest BCUT2D eigenvalue weighted by Gasteiger charge is -2.29. The maximum atomic E-state index is 6.61. The Labute approximate surface area is 220 Å². The van der Waals surface area contributed by atoms with Gasteiger partial charge in [-0.05, 0) is 80.2 Å². The van der Waals surface area contributed by atoms with Crippen LogP contribution in [-0.4, -0.2) is 21.8 Å². The molecule has 5 rings (SSSR count). The number of anilines is 1. The maximum absolute atomic E-state index is 6.61. The van der Waals surface area contributed by atoms with Gasteiger partial charge in [-0.2, -0.15) is 0 Å². The number of aromatic nitrogens is 2. The molecule has 4 aromatic rings. The molecule has 1 saturated heterocycles. The number of halogens is 2. The highest BCUT2D eigenvalue weighted by Gasteiger charge is 2.43. The van der Waals surface area contributed by atoms with E-state index in [9.17, 15) is 0 Å². The molecule has 1 N–H and O–H groups in total. The van der Waals surface area contributed by atoms with E-state index in [-0.39, 0.29) is 12.1 Å². The van der Waals surface area contributed by atoms with Crippen LogP contribution >= 0.6 is 35.4 Å². The predicted octanol–water partition coefficient (Wildman–Crippen LogP) is 6.98. The molecule has 8 heteroatoms. The van der Waals surface area contributed by atoms with Crippen LogP contribution in [0.5, 0.6) is 5.75 Å². The number of methoxy groups -OCH3 is 1. The lowest BCUT2D eigenvalue weighted by atomic mass is 9.96. The highest BCUT2D eigenvalue weighted by Crippen LogP contribution is 2.46. The van der Waals surface area contributed by atoms with E-state index in [1.165, 1.54) is 0 Å². The number of pyridine rings is 1. The summed E-state index contributed by atoms with van der Waals surface area (Å²) in [4.78, 5) is 6.79. The Morgan fingerprint density at radius 1 is 0.971 bits per heavy atom. The van der Waals surface area contributed by atoms with Gasteiger partial charge in [-0.1, -0.05) is 41.4 Å². The Bertz CT molecular complexity index is 1410. The highest BCUT2D eigenvalue weighted by molar-refractivity contribution is 7.80. The van der Waals surface area contributed by atoms with Crippen molar-refractivity contribution in [1.82, 2.24) is 14.9 Å². The van der Waals surface area contributed by atoms with Gasteiger partial charge in [-0.25, -0.2) is 0 Å². The van der Waals surface area contributed by atoms with Crippen LogP contribution in [-0.2, 0) is 0 Å². The first-order valence-electron chi connectivity index (χ1n) is 11.2. The molecule has 0 aliphatic carbocycles. The van der Waals surface area contributed by atoms with E-state index in [1.807, 2.05) is 54.6 Å². The van der Waals surface area contributed by atoms with Gasteiger partial charge in [0, 0.05) is 22.6 Å². The molecule has 1 fully saturated rings. The molecule has 35 heavy (non-hydrogen) atoms. The number of rotatable bonds is 5. The number of benzene rings is 2.